The maximum absolute atomic E-state index is 11.9. The molecule has 13 N–H and O–H groups in total. The molecule has 18 nitrogen and oxygen atoms in total. The lowest BCUT2D eigenvalue weighted by Crippen LogP contribution is -2.11. The zero-order valence-electron chi connectivity index (χ0n) is 22.6. The molecule has 0 aliphatic heterocycles. The Hall–Kier alpha value is -7.24. The van der Waals surface area contributed by atoms with Gasteiger partial charge in [0.1, 0.15) is 17.1 Å². The van der Waals surface area contributed by atoms with Crippen LogP contribution in [0.5, 0.6) is 63.2 Å². The summed E-state index contributed by atoms with van der Waals surface area (Å²) in [5.74, 6) is -12.1. The van der Waals surface area contributed by atoms with Crippen molar-refractivity contribution in [1.29, 1.82) is 0 Å². The molecule has 0 aliphatic carbocycles. The Kier molecular flexibility index (Phi) is 10.9. The topological polar surface area (TPSA) is 340 Å². The quantitative estimate of drug-likeness (QED) is 0.0840. The van der Waals surface area contributed by atoms with Gasteiger partial charge in [0.05, 0.1) is 16.7 Å². The number of carbonyl (C=O) groups excluding carboxylic acids is 1. The number of benzene rings is 4. The maximum Gasteiger partial charge on any atom is 0.343 e. The van der Waals surface area contributed by atoms with Gasteiger partial charge in [-0.1, -0.05) is 0 Å². The van der Waals surface area contributed by atoms with Crippen LogP contribution in [0.25, 0.3) is 0 Å². The van der Waals surface area contributed by atoms with Crippen LogP contribution in [0.3, 0.4) is 0 Å². The van der Waals surface area contributed by atoms with Crippen LogP contribution >= 0.6 is 0 Å². The van der Waals surface area contributed by atoms with Gasteiger partial charge in [0.2, 0.25) is 0 Å². The Balaban J connectivity index is 0.000000261. The lowest BCUT2D eigenvalue weighted by atomic mass is 10.1. The van der Waals surface area contributed by atoms with Crippen LogP contribution < -0.4 is 4.74 Å². The maximum atomic E-state index is 11.9. The molecule has 0 spiro atoms. The number of hydrogen-bond donors (Lipinski definition) is 13. The molecular weight excluding hydrogens is 624 g/mol. The van der Waals surface area contributed by atoms with E-state index in [2.05, 4.69) is 0 Å². The molecule has 0 aromatic heterocycles. The van der Waals surface area contributed by atoms with E-state index in [0.29, 0.717) is 0 Å². The molecule has 0 aliphatic rings. The van der Waals surface area contributed by atoms with E-state index in [1.807, 2.05) is 0 Å². The molecule has 242 valence electrons. The fraction of sp³-hybridized carbons (Fsp3) is 0. The van der Waals surface area contributed by atoms with Gasteiger partial charge in [0.25, 0.3) is 0 Å². The van der Waals surface area contributed by atoms with Crippen molar-refractivity contribution in [3.8, 4) is 63.2 Å². The molecule has 0 fully saturated rings. The van der Waals surface area contributed by atoms with Gasteiger partial charge in [-0.3, -0.25) is 0 Å². The van der Waals surface area contributed by atoms with E-state index in [4.69, 9.17) is 55.8 Å². The van der Waals surface area contributed by atoms with E-state index in [0.717, 1.165) is 54.6 Å². The van der Waals surface area contributed by atoms with Crippen molar-refractivity contribution in [2.24, 2.45) is 0 Å². The smallest absolute Gasteiger partial charge is 0.343 e. The number of ether oxygens (including phenoxy) is 1. The number of carboxylic acids is 3. The minimum atomic E-state index is -1.56. The summed E-state index contributed by atoms with van der Waals surface area (Å²) in [5, 5.41) is 116. The summed E-state index contributed by atoms with van der Waals surface area (Å²) in [6.45, 7) is 0. The molecule has 0 bridgehead atoms. The lowest BCUT2D eigenvalue weighted by molar-refractivity contribution is 0.0667. The largest absolute Gasteiger partial charge is 0.508 e. The van der Waals surface area contributed by atoms with Crippen molar-refractivity contribution in [3.05, 3.63) is 76.9 Å². The summed E-state index contributed by atoms with van der Waals surface area (Å²) in [5.41, 5.74) is -1.45. The third-order valence-corrected chi connectivity index (χ3v) is 5.33. The van der Waals surface area contributed by atoms with Crippen molar-refractivity contribution in [2.75, 3.05) is 0 Å². The third-order valence-electron chi connectivity index (χ3n) is 5.33. The summed E-state index contributed by atoms with van der Waals surface area (Å²) in [7, 11) is 0. The minimum absolute atomic E-state index is 0.172. The highest BCUT2D eigenvalue weighted by Crippen LogP contribution is 2.36. The van der Waals surface area contributed by atoms with Crippen molar-refractivity contribution >= 4 is 23.9 Å². The number of esters is 1. The summed E-state index contributed by atoms with van der Waals surface area (Å²) < 4.78 is 4.82. The molecule has 0 amide bonds. The molecule has 46 heavy (non-hydrogen) atoms. The molecule has 4 aromatic rings. The minimum Gasteiger partial charge on any atom is -0.508 e. The van der Waals surface area contributed by atoms with Gasteiger partial charge in [-0.25, -0.2) is 19.2 Å². The van der Waals surface area contributed by atoms with Crippen LogP contribution in [0.2, 0.25) is 0 Å². The highest BCUT2D eigenvalue weighted by Gasteiger charge is 2.22. The molecule has 4 rings (SSSR count). The number of phenols is 10. The van der Waals surface area contributed by atoms with Gasteiger partial charge >= 0.3 is 23.9 Å². The third kappa shape index (κ3) is 8.64. The Bertz CT molecular complexity index is 1710. The van der Waals surface area contributed by atoms with Crippen molar-refractivity contribution in [2.45, 2.75) is 0 Å². The average Bonchev–Trinajstić information content (AvgIpc) is 2.95. The normalized spacial score (nSPS) is 9.91. The zero-order valence-corrected chi connectivity index (χ0v) is 22.6. The van der Waals surface area contributed by atoms with Crippen molar-refractivity contribution < 1.29 is 90.3 Å². The molecule has 0 atom stereocenters. The molecule has 0 heterocycles. The number of carboxylic acid groups (broad SMARTS) is 3. The first-order valence-corrected chi connectivity index (χ1v) is 11.8. The monoisotopic (exact) mass is 646 g/mol. The van der Waals surface area contributed by atoms with Gasteiger partial charge in [0, 0.05) is 12.1 Å². The van der Waals surface area contributed by atoms with Gasteiger partial charge in [-0.15, -0.1) is 0 Å². The molecule has 0 radical (unpaired) electrons. The number of aromatic carboxylic acids is 3. The Morgan fingerprint density at radius 3 is 1.22 bits per heavy atom. The number of rotatable bonds is 5. The SMILES string of the molecule is O=C(O)c1cc(O)c(O)c(O)c1.O=C(O)c1cc(O)c(O)c(O)c1.O=C(Oc1cc(O)cc(O)c1C(=O)O)c1ccc(O)c(O)c1. The standard InChI is InChI=1S/C14H10O8.2C7H6O5/c15-7-4-10(18)12(13(19)20)11(5-7)22-14(21)6-1-2-8(16)9(17)3-6;2*8-4-1-3(7(11)12)2-5(9)6(4)10/h1-5,15-18H,(H,19,20);2*1-2,8-10H,(H,11,12). The van der Waals surface area contributed by atoms with E-state index in [1.165, 1.54) is 0 Å². The summed E-state index contributed by atoms with van der Waals surface area (Å²) in [6.07, 6.45) is 0. The molecule has 4 aromatic carbocycles. The van der Waals surface area contributed by atoms with Gasteiger partial charge < -0.3 is 71.1 Å². The second-order valence-electron chi connectivity index (χ2n) is 8.57. The summed E-state index contributed by atoms with van der Waals surface area (Å²) in [4.78, 5) is 43.6. The van der Waals surface area contributed by atoms with Crippen LogP contribution in [0.4, 0.5) is 0 Å². The summed E-state index contributed by atoms with van der Waals surface area (Å²) in [6, 6.07) is 8.11. The second-order valence-corrected chi connectivity index (χ2v) is 8.57. The van der Waals surface area contributed by atoms with Crippen molar-refractivity contribution in [3.63, 3.8) is 0 Å². The van der Waals surface area contributed by atoms with Gasteiger partial charge in [0.15, 0.2) is 51.7 Å². The van der Waals surface area contributed by atoms with E-state index in [9.17, 15) is 34.5 Å². The van der Waals surface area contributed by atoms with Crippen LogP contribution in [-0.2, 0) is 0 Å². The molecule has 0 saturated heterocycles. The summed E-state index contributed by atoms with van der Waals surface area (Å²) >= 11 is 0. The molecule has 0 unspecified atom stereocenters. The fourth-order valence-corrected chi connectivity index (χ4v) is 3.15. The zero-order chi connectivity index (χ0) is 35.0. The predicted octanol–water partition coefficient (Wildman–Crippen LogP) is 2.43. The van der Waals surface area contributed by atoms with Crippen LogP contribution in [-0.4, -0.2) is 90.3 Å². The van der Waals surface area contributed by atoms with Crippen LogP contribution in [0.1, 0.15) is 41.4 Å². The van der Waals surface area contributed by atoms with Gasteiger partial charge in [-0.05, 0) is 42.5 Å². The first-order chi connectivity index (χ1) is 21.3. The molecular formula is C28H22O18. The fourth-order valence-electron chi connectivity index (χ4n) is 3.15. The van der Waals surface area contributed by atoms with Gasteiger partial charge in [-0.2, -0.15) is 0 Å². The van der Waals surface area contributed by atoms with E-state index in [1.54, 1.807) is 0 Å². The predicted molar refractivity (Wildman–Crippen MR) is 148 cm³/mol. The molecule has 0 saturated carbocycles. The number of carbonyl (C=O) groups is 4. The first-order valence-electron chi connectivity index (χ1n) is 11.8. The highest BCUT2D eigenvalue weighted by atomic mass is 16.5. The van der Waals surface area contributed by atoms with E-state index in [-0.39, 0.29) is 16.7 Å². The van der Waals surface area contributed by atoms with E-state index >= 15 is 0 Å². The average molecular weight is 646 g/mol. The first kappa shape index (κ1) is 35.0. The van der Waals surface area contributed by atoms with Crippen molar-refractivity contribution in [1.82, 2.24) is 0 Å². The highest BCUT2D eigenvalue weighted by molar-refractivity contribution is 5.98. The molecule has 18 heteroatoms. The number of hydrogen-bond acceptors (Lipinski definition) is 15. The van der Waals surface area contributed by atoms with Crippen LogP contribution in [0.15, 0.2) is 54.6 Å². The Morgan fingerprint density at radius 1 is 0.435 bits per heavy atom. The van der Waals surface area contributed by atoms with E-state index < -0.39 is 92.7 Å². The Labute approximate surface area is 254 Å². The lowest BCUT2D eigenvalue weighted by Gasteiger charge is -2.10. The Morgan fingerprint density at radius 2 is 0.848 bits per heavy atom. The second kappa shape index (κ2) is 14.3. The number of phenolic OH excluding ortho intramolecular Hbond substituents is 9. The number of aromatic hydroxyl groups is 10. The van der Waals surface area contributed by atoms with Crippen LogP contribution in [0, 0.1) is 0 Å².